The number of nitrogens with zero attached hydrogens (tertiary/aromatic N) is 3. The van der Waals surface area contributed by atoms with E-state index in [9.17, 15) is 15.0 Å². The first-order valence-corrected chi connectivity index (χ1v) is 8.70. The second-order valence-corrected chi connectivity index (χ2v) is 7.28. The van der Waals surface area contributed by atoms with Gasteiger partial charge in [0, 0.05) is 27.2 Å². The molecular formula is C14H23N3O5S. The topological polar surface area (TPSA) is 94.8 Å². The molecule has 3 heterocycles. The monoisotopic (exact) mass is 345 g/mol. The molecular weight excluding hydrogens is 322 g/mol. The molecule has 2 fully saturated rings. The Kier molecular flexibility index (Phi) is 5.00. The van der Waals surface area contributed by atoms with Gasteiger partial charge in [0.1, 0.15) is 36.4 Å². The molecule has 0 aromatic rings. The molecule has 2 saturated heterocycles. The molecule has 0 aromatic heterocycles. The number of carbonyl (C=O) groups is 1. The minimum Gasteiger partial charge on any atom is -0.447 e. The van der Waals surface area contributed by atoms with E-state index in [0.29, 0.717) is 0 Å². The predicted molar refractivity (Wildman–Crippen MR) is 85.3 cm³/mol. The van der Waals surface area contributed by atoms with Gasteiger partial charge in [-0.25, -0.2) is 4.79 Å². The fourth-order valence-electron chi connectivity index (χ4n) is 2.90. The van der Waals surface area contributed by atoms with Crippen molar-refractivity contribution in [1.29, 1.82) is 0 Å². The van der Waals surface area contributed by atoms with E-state index in [1.54, 1.807) is 14.1 Å². The van der Waals surface area contributed by atoms with Crippen LogP contribution in [0.25, 0.3) is 0 Å². The molecule has 0 aliphatic carbocycles. The van der Waals surface area contributed by atoms with Crippen LogP contribution < -0.4 is 0 Å². The zero-order valence-electron chi connectivity index (χ0n) is 13.3. The van der Waals surface area contributed by atoms with Gasteiger partial charge in [0.25, 0.3) is 0 Å². The molecule has 3 aliphatic heterocycles. The maximum Gasteiger partial charge on any atom is 0.409 e. The maximum absolute atomic E-state index is 11.5. The van der Waals surface area contributed by atoms with Crippen molar-refractivity contribution >= 4 is 23.0 Å². The fourth-order valence-corrected chi connectivity index (χ4v) is 4.18. The Labute approximate surface area is 139 Å². The van der Waals surface area contributed by atoms with Crippen LogP contribution in [0, 0.1) is 0 Å². The average molecular weight is 345 g/mol. The Morgan fingerprint density at radius 2 is 2.09 bits per heavy atom. The molecule has 0 aromatic carbocycles. The van der Waals surface area contributed by atoms with E-state index >= 15 is 0 Å². The molecule has 5 atom stereocenters. The standard InChI is InChI=1S/C14H23N3O5S/c1-16(2)14(20)21-7-8-10(18)11(19)9-12(22-8)23-13(15-9)17-5-3-4-6-17/h8-12,18-19H,3-7H2,1-2H3. The number of thioether (sulfide) groups is 1. The van der Waals surface area contributed by atoms with Crippen LogP contribution in [0.4, 0.5) is 4.79 Å². The first-order chi connectivity index (χ1) is 11.0. The molecule has 0 radical (unpaired) electrons. The smallest absolute Gasteiger partial charge is 0.409 e. The van der Waals surface area contributed by atoms with E-state index in [4.69, 9.17) is 9.47 Å². The summed E-state index contributed by atoms with van der Waals surface area (Å²) in [6, 6.07) is -0.480. The normalized spacial score (nSPS) is 36.6. The van der Waals surface area contributed by atoms with Gasteiger partial charge in [0.15, 0.2) is 5.17 Å². The van der Waals surface area contributed by atoms with E-state index in [1.165, 1.54) is 16.7 Å². The molecule has 130 valence electrons. The molecule has 0 spiro atoms. The van der Waals surface area contributed by atoms with Gasteiger partial charge in [-0.05, 0) is 12.8 Å². The molecule has 0 saturated carbocycles. The molecule has 5 unspecified atom stereocenters. The van der Waals surface area contributed by atoms with Gasteiger partial charge in [0.05, 0.1) is 0 Å². The van der Waals surface area contributed by atoms with Crippen molar-refractivity contribution < 1.29 is 24.5 Å². The van der Waals surface area contributed by atoms with Crippen molar-refractivity contribution in [3.63, 3.8) is 0 Å². The van der Waals surface area contributed by atoms with Crippen LogP contribution in [0.5, 0.6) is 0 Å². The molecule has 2 N–H and O–H groups in total. The molecule has 3 aliphatic rings. The number of aliphatic imine (C=N–C) groups is 1. The number of ether oxygens (including phenoxy) is 2. The van der Waals surface area contributed by atoms with Gasteiger partial charge in [0.2, 0.25) is 0 Å². The van der Waals surface area contributed by atoms with Crippen LogP contribution in [0.2, 0.25) is 0 Å². The van der Waals surface area contributed by atoms with E-state index in [1.807, 2.05) is 0 Å². The molecule has 1 amide bonds. The number of carbonyl (C=O) groups excluding carboxylic acids is 1. The third-order valence-electron chi connectivity index (χ3n) is 4.26. The van der Waals surface area contributed by atoms with Crippen LogP contribution in [0.1, 0.15) is 12.8 Å². The number of rotatable bonds is 2. The van der Waals surface area contributed by atoms with E-state index in [0.717, 1.165) is 31.1 Å². The second kappa shape index (κ2) is 6.84. The van der Waals surface area contributed by atoms with Crippen molar-refractivity contribution in [3.05, 3.63) is 0 Å². The molecule has 3 rings (SSSR count). The highest BCUT2D eigenvalue weighted by Crippen LogP contribution is 2.38. The molecule has 23 heavy (non-hydrogen) atoms. The Morgan fingerprint density at radius 1 is 1.39 bits per heavy atom. The van der Waals surface area contributed by atoms with Gasteiger partial charge in [-0.1, -0.05) is 11.8 Å². The Balaban J connectivity index is 1.61. The number of aliphatic hydroxyl groups excluding tert-OH is 2. The Hall–Kier alpha value is -1.03. The summed E-state index contributed by atoms with van der Waals surface area (Å²) in [6.45, 7) is 1.83. The largest absolute Gasteiger partial charge is 0.447 e. The lowest BCUT2D eigenvalue weighted by Crippen LogP contribution is -2.56. The predicted octanol–water partition coefficient (Wildman–Crippen LogP) is -0.302. The summed E-state index contributed by atoms with van der Waals surface area (Å²) >= 11 is 1.47. The minimum absolute atomic E-state index is 0.0991. The van der Waals surface area contributed by atoms with Crippen LogP contribution in [-0.4, -0.2) is 94.9 Å². The number of hydrogen-bond donors (Lipinski definition) is 2. The fraction of sp³-hybridized carbons (Fsp3) is 0.857. The summed E-state index contributed by atoms with van der Waals surface area (Å²) in [5.74, 6) is 0. The van der Waals surface area contributed by atoms with Crippen LogP contribution in [0.3, 0.4) is 0 Å². The van der Waals surface area contributed by atoms with Crippen LogP contribution in [-0.2, 0) is 9.47 Å². The number of fused-ring (bicyclic) bond motifs is 1. The number of aliphatic hydroxyl groups is 2. The summed E-state index contributed by atoms with van der Waals surface area (Å²) in [6.07, 6.45) is -1.13. The van der Waals surface area contributed by atoms with Gasteiger partial charge < -0.3 is 29.5 Å². The summed E-state index contributed by atoms with van der Waals surface area (Å²) in [4.78, 5) is 19.5. The quantitative estimate of drug-likeness (QED) is 0.709. The van der Waals surface area contributed by atoms with Crippen molar-refractivity contribution in [3.8, 4) is 0 Å². The van der Waals surface area contributed by atoms with Gasteiger partial charge >= 0.3 is 6.09 Å². The summed E-state index contributed by atoms with van der Waals surface area (Å²) < 4.78 is 10.9. The van der Waals surface area contributed by atoms with Crippen molar-refractivity contribution in [2.75, 3.05) is 33.8 Å². The van der Waals surface area contributed by atoms with Gasteiger partial charge in [-0.3, -0.25) is 4.99 Å². The Morgan fingerprint density at radius 3 is 2.74 bits per heavy atom. The summed E-state index contributed by atoms with van der Waals surface area (Å²) in [5.41, 5.74) is -0.355. The van der Waals surface area contributed by atoms with Crippen LogP contribution in [0.15, 0.2) is 4.99 Å². The summed E-state index contributed by atoms with van der Waals surface area (Å²) in [7, 11) is 3.16. The third kappa shape index (κ3) is 3.42. The Bertz CT molecular complexity index is 483. The number of hydrogen-bond acceptors (Lipinski definition) is 8. The lowest BCUT2D eigenvalue weighted by atomic mass is 9.99. The van der Waals surface area contributed by atoms with E-state index in [-0.39, 0.29) is 12.0 Å². The number of amidine groups is 1. The number of likely N-dealkylation sites (tertiary alicyclic amines) is 1. The minimum atomic E-state index is -1.13. The molecule has 0 bridgehead atoms. The molecule has 9 heteroatoms. The zero-order valence-corrected chi connectivity index (χ0v) is 14.1. The van der Waals surface area contributed by atoms with Crippen molar-refractivity contribution in [2.24, 2.45) is 4.99 Å². The molecule has 8 nitrogen and oxygen atoms in total. The highest BCUT2D eigenvalue weighted by Gasteiger charge is 2.49. The highest BCUT2D eigenvalue weighted by molar-refractivity contribution is 8.14. The first-order valence-electron chi connectivity index (χ1n) is 7.82. The zero-order chi connectivity index (χ0) is 16.6. The van der Waals surface area contributed by atoms with Crippen molar-refractivity contribution in [1.82, 2.24) is 9.80 Å². The van der Waals surface area contributed by atoms with Gasteiger partial charge in [-0.2, -0.15) is 0 Å². The maximum atomic E-state index is 11.5. The number of amides is 1. The highest BCUT2D eigenvalue weighted by atomic mass is 32.2. The lowest BCUT2D eigenvalue weighted by Gasteiger charge is -2.37. The van der Waals surface area contributed by atoms with E-state index < -0.39 is 30.4 Å². The first kappa shape index (κ1) is 16.8. The second-order valence-electron chi connectivity index (χ2n) is 6.21. The average Bonchev–Trinajstić information content (AvgIpc) is 3.17. The SMILES string of the molecule is CN(C)C(=O)OCC1OC2SC(N3CCCC3)=NC2C(O)C1O. The van der Waals surface area contributed by atoms with Crippen LogP contribution >= 0.6 is 11.8 Å². The van der Waals surface area contributed by atoms with Gasteiger partial charge in [-0.15, -0.1) is 0 Å². The lowest BCUT2D eigenvalue weighted by molar-refractivity contribution is -0.165. The van der Waals surface area contributed by atoms with E-state index in [2.05, 4.69) is 9.89 Å². The van der Waals surface area contributed by atoms with Crippen molar-refractivity contribution in [2.45, 2.75) is 42.6 Å². The summed E-state index contributed by atoms with van der Waals surface area (Å²) in [5, 5.41) is 21.4. The third-order valence-corrected chi connectivity index (χ3v) is 5.46.